The van der Waals surface area contributed by atoms with Crippen molar-refractivity contribution in [3.05, 3.63) is 71.8 Å². The molecule has 10 heteroatoms. The molecule has 2 saturated heterocycles. The number of rotatable bonds is 18. The van der Waals surface area contributed by atoms with Gasteiger partial charge in [-0.25, -0.2) is 0 Å². The maximum absolute atomic E-state index is 6.76. The minimum atomic E-state index is -0.667. The molecular formula is C42H66O10. The van der Waals surface area contributed by atoms with Crippen molar-refractivity contribution < 1.29 is 47.4 Å². The molecule has 0 spiro atoms. The molecule has 10 nitrogen and oxygen atoms in total. The summed E-state index contributed by atoms with van der Waals surface area (Å²) in [6.07, 6.45) is 9.89. The predicted molar refractivity (Wildman–Crippen MR) is 200 cm³/mol. The molecule has 0 aliphatic carbocycles. The largest absolute Gasteiger partial charge is 0.377 e. The van der Waals surface area contributed by atoms with Gasteiger partial charge < -0.3 is 47.4 Å². The zero-order chi connectivity index (χ0) is 36.2. The van der Waals surface area contributed by atoms with E-state index in [-0.39, 0.29) is 6.61 Å². The number of hydrogen-bond acceptors (Lipinski definition) is 10. The van der Waals surface area contributed by atoms with Crippen molar-refractivity contribution in [3.8, 4) is 0 Å². The third kappa shape index (κ3) is 17.9. The van der Waals surface area contributed by atoms with Crippen molar-refractivity contribution in [1.82, 2.24) is 0 Å². The third-order valence-corrected chi connectivity index (χ3v) is 9.25. The van der Waals surface area contributed by atoms with Gasteiger partial charge in [-0.3, -0.25) is 0 Å². The number of benzene rings is 2. The van der Waals surface area contributed by atoms with Gasteiger partial charge in [0.2, 0.25) is 0 Å². The second-order valence-electron chi connectivity index (χ2n) is 13.5. The lowest BCUT2D eigenvalue weighted by Crippen LogP contribution is -2.62. The van der Waals surface area contributed by atoms with Gasteiger partial charge in [-0.1, -0.05) is 125 Å². The third-order valence-electron chi connectivity index (χ3n) is 9.25. The van der Waals surface area contributed by atoms with Crippen LogP contribution in [0.15, 0.2) is 60.7 Å². The fourth-order valence-corrected chi connectivity index (χ4v) is 6.36. The van der Waals surface area contributed by atoms with Crippen LogP contribution < -0.4 is 0 Å². The molecule has 0 radical (unpaired) electrons. The van der Waals surface area contributed by atoms with E-state index in [2.05, 4.69) is 31.2 Å². The van der Waals surface area contributed by atoms with Gasteiger partial charge in [-0.05, 0) is 17.5 Å². The Morgan fingerprint density at radius 3 is 1.50 bits per heavy atom. The van der Waals surface area contributed by atoms with Crippen molar-refractivity contribution >= 4 is 0 Å². The van der Waals surface area contributed by atoms with Crippen LogP contribution in [0, 0.1) is 0 Å². The van der Waals surface area contributed by atoms with Gasteiger partial charge in [0.25, 0.3) is 0 Å². The van der Waals surface area contributed by atoms with Crippen LogP contribution in [0.4, 0.5) is 0 Å². The van der Waals surface area contributed by atoms with E-state index in [4.69, 9.17) is 47.4 Å². The highest BCUT2D eigenvalue weighted by Gasteiger charge is 2.49. The van der Waals surface area contributed by atoms with E-state index in [1.165, 1.54) is 51.4 Å². The zero-order valence-corrected chi connectivity index (χ0v) is 31.7. The molecule has 294 valence electrons. The maximum Gasteiger partial charge on any atom is 0.186 e. The minimum Gasteiger partial charge on any atom is -0.377 e. The second kappa shape index (κ2) is 28.5. The summed E-state index contributed by atoms with van der Waals surface area (Å²) in [7, 11) is 0. The van der Waals surface area contributed by atoms with Gasteiger partial charge >= 0.3 is 0 Å². The molecule has 2 aliphatic heterocycles. The van der Waals surface area contributed by atoms with Crippen molar-refractivity contribution in [2.24, 2.45) is 0 Å². The van der Waals surface area contributed by atoms with Crippen LogP contribution in [0.25, 0.3) is 0 Å². The van der Waals surface area contributed by atoms with E-state index in [9.17, 15) is 0 Å². The van der Waals surface area contributed by atoms with E-state index in [1.54, 1.807) is 0 Å². The standard InChI is InChI=1S/C42H66O10/c1-2-3-4-5-6-7-8-9-10-17-22-49-42-41(51-34-37-20-15-12-16-21-37)40(50-33-36-18-13-11-14-19-36)39-38(52-42)35-47-30-29-45-26-25-43-23-24-44-27-28-46-31-32-48-39/h11-16,18-21,38-42H,2-10,17,22-35H2,1H3/t38-,39-,40+,41-,42-/m1/s1. The molecular weight excluding hydrogens is 664 g/mol. The molecule has 4 rings (SSSR count). The summed E-state index contributed by atoms with van der Waals surface area (Å²) in [4.78, 5) is 0. The number of hydrogen-bond donors (Lipinski definition) is 0. The van der Waals surface area contributed by atoms with Crippen LogP contribution in [0.2, 0.25) is 0 Å². The van der Waals surface area contributed by atoms with Gasteiger partial charge in [0.05, 0.1) is 85.9 Å². The number of ether oxygens (including phenoxy) is 10. The predicted octanol–water partition coefficient (Wildman–Crippen LogP) is 7.30. The van der Waals surface area contributed by atoms with E-state index >= 15 is 0 Å². The van der Waals surface area contributed by atoms with Gasteiger partial charge in [-0.15, -0.1) is 0 Å². The van der Waals surface area contributed by atoms with Crippen LogP contribution in [-0.2, 0) is 60.6 Å². The molecule has 2 heterocycles. The SMILES string of the molecule is CCCCCCCCCCCCO[C@@H]1O[C@@H]2COCCOCCOCCOCCOCCO[C@H]2[C@H](OCc2ccccc2)[C@H]1OCc1ccccc1. The molecule has 0 unspecified atom stereocenters. The molecule has 2 fully saturated rings. The summed E-state index contributed by atoms with van der Waals surface area (Å²) in [5.41, 5.74) is 2.12. The average Bonchev–Trinajstić information content (AvgIpc) is 3.18. The molecule has 2 aromatic carbocycles. The Labute approximate surface area is 313 Å². The monoisotopic (exact) mass is 730 g/mol. The summed E-state index contributed by atoms with van der Waals surface area (Å²) >= 11 is 0. The Bertz CT molecular complexity index is 1090. The van der Waals surface area contributed by atoms with E-state index in [0.29, 0.717) is 85.9 Å². The molecule has 5 atom stereocenters. The minimum absolute atomic E-state index is 0.286. The number of fused-ring (bicyclic) bond motifs is 1. The normalized spacial score (nSPS) is 24.7. The first-order valence-corrected chi connectivity index (χ1v) is 19.9. The summed E-state index contributed by atoms with van der Waals surface area (Å²) in [5, 5.41) is 0. The van der Waals surface area contributed by atoms with Crippen LogP contribution in [-0.4, -0.2) is 110 Å². The molecule has 52 heavy (non-hydrogen) atoms. The highest BCUT2D eigenvalue weighted by atomic mass is 16.7. The fourth-order valence-electron chi connectivity index (χ4n) is 6.36. The summed E-state index contributed by atoms with van der Waals surface area (Å²) in [5.74, 6) is 0. The zero-order valence-electron chi connectivity index (χ0n) is 31.7. The summed E-state index contributed by atoms with van der Waals surface area (Å²) in [6, 6.07) is 20.3. The molecule has 0 aromatic heterocycles. The highest BCUT2D eigenvalue weighted by Crippen LogP contribution is 2.31. The molecule has 0 N–H and O–H groups in total. The van der Waals surface area contributed by atoms with Crippen LogP contribution in [0.3, 0.4) is 0 Å². The lowest BCUT2D eigenvalue weighted by atomic mass is 9.98. The molecule has 2 aromatic rings. The quantitative estimate of drug-likeness (QED) is 0.146. The molecule has 2 aliphatic rings. The smallest absolute Gasteiger partial charge is 0.186 e. The van der Waals surface area contributed by atoms with Gasteiger partial charge in [0.1, 0.15) is 24.4 Å². The number of unbranched alkanes of at least 4 members (excludes halogenated alkanes) is 9. The lowest BCUT2D eigenvalue weighted by molar-refractivity contribution is -0.327. The average molecular weight is 731 g/mol. The first kappa shape index (κ1) is 42.8. The molecule has 0 bridgehead atoms. The Morgan fingerprint density at radius 1 is 0.500 bits per heavy atom. The highest BCUT2D eigenvalue weighted by molar-refractivity contribution is 5.14. The van der Waals surface area contributed by atoms with Crippen LogP contribution in [0.1, 0.15) is 82.3 Å². The topological polar surface area (TPSA) is 92.3 Å². The first-order valence-electron chi connectivity index (χ1n) is 19.9. The van der Waals surface area contributed by atoms with Crippen LogP contribution in [0.5, 0.6) is 0 Å². The summed E-state index contributed by atoms with van der Waals surface area (Å²) in [6.45, 7) is 8.47. The van der Waals surface area contributed by atoms with Crippen molar-refractivity contribution in [2.45, 2.75) is 115 Å². The summed E-state index contributed by atoms with van der Waals surface area (Å²) < 4.78 is 62.2. The second-order valence-corrected chi connectivity index (χ2v) is 13.5. The van der Waals surface area contributed by atoms with Crippen LogP contribution >= 0.6 is 0 Å². The lowest BCUT2D eigenvalue weighted by Gasteiger charge is -2.46. The van der Waals surface area contributed by atoms with E-state index in [1.807, 2.05) is 36.4 Å². The van der Waals surface area contributed by atoms with Gasteiger partial charge in [-0.2, -0.15) is 0 Å². The Balaban J connectivity index is 1.45. The maximum atomic E-state index is 6.76. The van der Waals surface area contributed by atoms with Gasteiger partial charge in [0, 0.05) is 6.61 Å². The Morgan fingerprint density at radius 2 is 0.962 bits per heavy atom. The first-order chi connectivity index (χ1) is 25.8. The van der Waals surface area contributed by atoms with Crippen molar-refractivity contribution in [2.75, 3.05) is 79.3 Å². The van der Waals surface area contributed by atoms with E-state index < -0.39 is 30.7 Å². The molecule has 0 amide bonds. The Hall–Kier alpha value is -1.96. The van der Waals surface area contributed by atoms with E-state index in [0.717, 1.165) is 24.0 Å². The van der Waals surface area contributed by atoms with Gasteiger partial charge in [0.15, 0.2) is 6.29 Å². The van der Waals surface area contributed by atoms with Crippen molar-refractivity contribution in [1.29, 1.82) is 0 Å². The Kier molecular flexibility index (Phi) is 23.4. The molecule has 0 saturated carbocycles. The van der Waals surface area contributed by atoms with Crippen molar-refractivity contribution in [3.63, 3.8) is 0 Å². The fraction of sp³-hybridized carbons (Fsp3) is 0.714.